The summed E-state index contributed by atoms with van der Waals surface area (Å²) in [6.45, 7) is 6.02. The molecule has 1 rings (SSSR count). The highest BCUT2D eigenvalue weighted by atomic mass is 16.2. The molecule has 0 heterocycles. The van der Waals surface area contributed by atoms with E-state index < -0.39 is 0 Å². The first-order chi connectivity index (χ1) is 8.67. The highest BCUT2D eigenvalue weighted by Gasteiger charge is 2.20. The molecule has 2 N–H and O–H groups in total. The van der Waals surface area contributed by atoms with Crippen molar-refractivity contribution in [2.75, 3.05) is 13.1 Å². The van der Waals surface area contributed by atoms with Gasteiger partial charge in [0.2, 0.25) is 5.91 Å². The zero-order valence-corrected chi connectivity index (χ0v) is 12.2. The Labute approximate surface area is 112 Å². The molecule has 106 valence electrons. The molecule has 3 nitrogen and oxygen atoms in total. The van der Waals surface area contributed by atoms with Crippen LogP contribution in [-0.2, 0) is 4.79 Å². The van der Waals surface area contributed by atoms with Crippen LogP contribution in [0.15, 0.2) is 0 Å². The standard InChI is InChI=1S/C15H30N2O/c1-3-5-11-17(4-2)15(18)10-9-13-7-6-8-14(16)12-13/h13-14H,3-12,16H2,1-2H3. The SMILES string of the molecule is CCCCN(CC)C(=O)CCC1CCCC(N)C1. The summed E-state index contributed by atoms with van der Waals surface area (Å²) in [6, 6.07) is 0.376. The monoisotopic (exact) mass is 254 g/mol. The molecule has 0 aliphatic heterocycles. The lowest BCUT2D eigenvalue weighted by Gasteiger charge is -2.27. The van der Waals surface area contributed by atoms with Gasteiger partial charge in [-0.05, 0) is 38.5 Å². The Morgan fingerprint density at radius 3 is 2.72 bits per heavy atom. The maximum Gasteiger partial charge on any atom is 0.222 e. The molecule has 0 spiro atoms. The Morgan fingerprint density at radius 1 is 1.33 bits per heavy atom. The van der Waals surface area contributed by atoms with E-state index in [2.05, 4.69) is 13.8 Å². The van der Waals surface area contributed by atoms with Crippen molar-refractivity contribution in [1.82, 2.24) is 4.90 Å². The summed E-state index contributed by atoms with van der Waals surface area (Å²) >= 11 is 0. The first kappa shape index (κ1) is 15.5. The van der Waals surface area contributed by atoms with Gasteiger partial charge in [-0.3, -0.25) is 4.79 Å². The summed E-state index contributed by atoms with van der Waals surface area (Å²) in [6.07, 6.45) is 8.82. The van der Waals surface area contributed by atoms with Crippen LogP contribution in [0.1, 0.15) is 65.2 Å². The van der Waals surface area contributed by atoms with Crippen LogP contribution < -0.4 is 5.73 Å². The van der Waals surface area contributed by atoms with Gasteiger partial charge in [0.05, 0.1) is 0 Å². The van der Waals surface area contributed by atoms with Crippen LogP contribution >= 0.6 is 0 Å². The second-order valence-electron chi connectivity index (χ2n) is 5.66. The van der Waals surface area contributed by atoms with Crippen LogP contribution in [0.2, 0.25) is 0 Å². The Bertz CT molecular complexity index is 243. The Hall–Kier alpha value is -0.570. The largest absolute Gasteiger partial charge is 0.343 e. The average molecular weight is 254 g/mol. The highest BCUT2D eigenvalue weighted by molar-refractivity contribution is 5.76. The number of hydrogen-bond donors (Lipinski definition) is 1. The van der Waals surface area contributed by atoms with Crippen molar-refractivity contribution in [3.8, 4) is 0 Å². The smallest absolute Gasteiger partial charge is 0.222 e. The molecule has 0 aromatic heterocycles. The summed E-state index contributed by atoms with van der Waals surface area (Å²) < 4.78 is 0. The normalized spacial score (nSPS) is 23.9. The van der Waals surface area contributed by atoms with Crippen LogP contribution in [-0.4, -0.2) is 29.9 Å². The van der Waals surface area contributed by atoms with Crippen LogP contribution in [0.25, 0.3) is 0 Å². The van der Waals surface area contributed by atoms with Crippen molar-refractivity contribution in [2.24, 2.45) is 11.7 Å². The molecule has 0 saturated heterocycles. The van der Waals surface area contributed by atoms with Gasteiger partial charge in [0.1, 0.15) is 0 Å². The van der Waals surface area contributed by atoms with Crippen LogP contribution in [0.5, 0.6) is 0 Å². The van der Waals surface area contributed by atoms with E-state index in [0.717, 1.165) is 45.2 Å². The molecule has 2 atom stereocenters. The molecule has 0 radical (unpaired) electrons. The fourth-order valence-corrected chi connectivity index (χ4v) is 2.89. The average Bonchev–Trinajstić information content (AvgIpc) is 2.37. The first-order valence-electron chi connectivity index (χ1n) is 7.70. The number of nitrogens with two attached hydrogens (primary N) is 1. The second kappa shape index (κ2) is 8.52. The number of unbranched alkanes of at least 4 members (excludes halogenated alkanes) is 1. The van der Waals surface area contributed by atoms with E-state index in [-0.39, 0.29) is 0 Å². The zero-order chi connectivity index (χ0) is 13.4. The summed E-state index contributed by atoms with van der Waals surface area (Å²) in [7, 11) is 0. The molecule has 1 amide bonds. The molecule has 2 unspecified atom stereocenters. The van der Waals surface area contributed by atoms with Gasteiger partial charge in [-0.25, -0.2) is 0 Å². The summed E-state index contributed by atoms with van der Waals surface area (Å²) in [4.78, 5) is 14.1. The number of nitrogens with zero attached hydrogens (tertiary/aromatic N) is 1. The van der Waals surface area contributed by atoms with Gasteiger partial charge in [-0.1, -0.05) is 26.2 Å². The number of carbonyl (C=O) groups is 1. The molecule has 1 saturated carbocycles. The third-order valence-electron chi connectivity index (χ3n) is 4.11. The molecule has 18 heavy (non-hydrogen) atoms. The molecular formula is C15H30N2O. The Kier molecular flexibility index (Phi) is 7.33. The van der Waals surface area contributed by atoms with Gasteiger partial charge in [-0.2, -0.15) is 0 Å². The van der Waals surface area contributed by atoms with E-state index in [1.54, 1.807) is 0 Å². The number of carbonyl (C=O) groups excluding carboxylic acids is 1. The van der Waals surface area contributed by atoms with Crippen molar-refractivity contribution in [2.45, 2.75) is 71.3 Å². The molecule has 0 aromatic rings. The molecular weight excluding hydrogens is 224 g/mol. The predicted octanol–water partition coefficient (Wildman–Crippen LogP) is 2.93. The van der Waals surface area contributed by atoms with E-state index in [0.29, 0.717) is 17.9 Å². The van der Waals surface area contributed by atoms with Gasteiger partial charge in [0.15, 0.2) is 0 Å². The number of rotatable bonds is 7. The van der Waals surface area contributed by atoms with Crippen molar-refractivity contribution < 1.29 is 4.79 Å². The van der Waals surface area contributed by atoms with Crippen molar-refractivity contribution >= 4 is 5.91 Å². The molecule has 3 heteroatoms. The Morgan fingerprint density at radius 2 is 2.11 bits per heavy atom. The summed E-state index contributed by atoms with van der Waals surface area (Å²) in [5, 5.41) is 0. The van der Waals surface area contributed by atoms with E-state index >= 15 is 0 Å². The molecule has 1 aliphatic rings. The lowest BCUT2D eigenvalue weighted by atomic mass is 9.83. The van der Waals surface area contributed by atoms with Crippen molar-refractivity contribution in [3.63, 3.8) is 0 Å². The zero-order valence-electron chi connectivity index (χ0n) is 12.2. The maximum absolute atomic E-state index is 12.1. The van der Waals surface area contributed by atoms with Crippen molar-refractivity contribution in [3.05, 3.63) is 0 Å². The van der Waals surface area contributed by atoms with Gasteiger partial charge < -0.3 is 10.6 Å². The van der Waals surface area contributed by atoms with E-state index in [1.165, 1.54) is 19.3 Å². The Balaban J connectivity index is 2.25. The molecule has 0 bridgehead atoms. The lowest BCUT2D eigenvalue weighted by molar-refractivity contribution is -0.131. The fourth-order valence-electron chi connectivity index (χ4n) is 2.89. The van der Waals surface area contributed by atoms with Gasteiger partial charge >= 0.3 is 0 Å². The van der Waals surface area contributed by atoms with Crippen molar-refractivity contribution in [1.29, 1.82) is 0 Å². The first-order valence-corrected chi connectivity index (χ1v) is 7.70. The van der Waals surface area contributed by atoms with Gasteiger partial charge in [0, 0.05) is 25.6 Å². The summed E-state index contributed by atoms with van der Waals surface area (Å²) in [5.41, 5.74) is 5.99. The highest BCUT2D eigenvalue weighted by Crippen LogP contribution is 2.27. The van der Waals surface area contributed by atoms with Crippen LogP contribution in [0.3, 0.4) is 0 Å². The predicted molar refractivity (Wildman–Crippen MR) is 76.3 cm³/mol. The van der Waals surface area contributed by atoms with E-state index in [1.807, 2.05) is 4.90 Å². The number of hydrogen-bond acceptors (Lipinski definition) is 2. The van der Waals surface area contributed by atoms with Crippen LogP contribution in [0.4, 0.5) is 0 Å². The third kappa shape index (κ3) is 5.38. The van der Waals surface area contributed by atoms with E-state index in [9.17, 15) is 4.79 Å². The topological polar surface area (TPSA) is 46.3 Å². The molecule has 1 fully saturated rings. The third-order valence-corrected chi connectivity index (χ3v) is 4.11. The lowest BCUT2D eigenvalue weighted by Crippen LogP contribution is -2.33. The van der Waals surface area contributed by atoms with E-state index in [4.69, 9.17) is 5.73 Å². The minimum absolute atomic E-state index is 0.338. The second-order valence-corrected chi connectivity index (χ2v) is 5.66. The number of amides is 1. The van der Waals surface area contributed by atoms with Gasteiger partial charge in [-0.15, -0.1) is 0 Å². The molecule has 0 aromatic carbocycles. The maximum atomic E-state index is 12.1. The summed E-state index contributed by atoms with van der Waals surface area (Å²) in [5.74, 6) is 1.02. The quantitative estimate of drug-likeness (QED) is 0.759. The minimum atomic E-state index is 0.338. The van der Waals surface area contributed by atoms with Crippen LogP contribution in [0, 0.1) is 5.92 Å². The molecule has 1 aliphatic carbocycles. The fraction of sp³-hybridized carbons (Fsp3) is 0.933. The minimum Gasteiger partial charge on any atom is -0.343 e. The van der Waals surface area contributed by atoms with Gasteiger partial charge in [0.25, 0.3) is 0 Å².